The molecule has 1 aromatic carbocycles. The maximum absolute atomic E-state index is 13.4. The first-order valence-corrected chi connectivity index (χ1v) is 6.90. The maximum atomic E-state index is 13.4. The summed E-state index contributed by atoms with van der Waals surface area (Å²) in [7, 11) is 0. The summed E-state index contributed by atoms with van der Waals surface area (Å²) >= 11 is 3.11. The molecule has 106 valence electrons. The molecule has 0 bridgehead atoms. The molecular formula is C14H15BrFN3O. The van der Waals surface area contributed by atoms with Gasteiger partial charge in [-0.15, -0.1) is 0 Å². The molecule has 2 aromatic rings. The number of nitrogens with one attached hydrogen (secondary N) is 1. The van der Waals surface area contributed by atoms with E-state index in [-0.39, 0.29) is 11.9 Å². The van der Waals surface area contributed by atoms with Crippen LogP contribution in [0, 0.1) is 5.82 Å². The number of aromatic nitrogens is 1. The highest BCUT2D eigenvalue weighted by atomic mass is 79.9. The van der Waals surface area contributed by atoms with Gasteiger partial charge >= 0.3 is 0 Å². The summed E-state index contributed by atoms with van der Waals surface area (Å²) in [6.07, 6.45) is -0.0230. The summed E-state index contributed by atoms with van der Waals surface area (Å²) in [5, 5.41) is 3.01. The van der Waals surface area contributed by atoms with Gasteiger partial charge in [-0.2, -0.15) is 4.98 Å². The van der Waals surface area contributed by atoms with Crippen molar-refractivity contribution in [1.29, 1.82) is 0 Å². The minimum atomic E-state index is -0.343. The number of halogens is 2. The van der Waals surface area contributed by atoms with Gasteiger partial charge in [-0.3, -0.25) is 0 Å². The Labute approximate surface area is 125 Å². The van der Waals surface area contributed by atoms with E-state index >= 15 is 0 Å². The third-order valence-electron chi connectivity index (χ3n) is 2.43. The van der Waals surface area contributed by atoms with E-state index in [1.54, 1.807) is 24.3 Å². The zero-order valence-corrected chi connectivity index (χ0v) is 12.7. The van der Waals surface area contributed by atoms with Gasteiger partial charge < -0.3 is 15.8 Å². The Morgan fingerprint density at radius 1 is 1.30 bits per heavy atom. The van der Waals surface area contributed by atoms with Gasteiger partial charge in [-0.1, -0.05) is 0 Å². The summed E-state index contributed by atoms with van der Waals surface area (Å²) in [5.74, 6) is 0.559. The van der Waals surface area contributed by atoms with Crippen molar-refractivity contribution in [3.8, 4) is 5.88 Å². The number of benzene rings is 1. The number of nitrogen functional groups attached to an aromatic ring is 1. The van der Waals surface area contributed by atoms with Gasteiger partial charge in [-0.05, 0) is 60.1 Å². The summed E-state index contributed by atoms with van der Waals surface area (Å²) in [6.45, 7) is 3.79. The average molecular weight is 340 g/mol. The molecule has 6 heteroatoms. The van der Waals surface area contributed by atoms with Crippen LogP contribution in [0.15, 0.2) is 34.8 Å². The summed E-state index contributed by atoms with van der Waals surface area (Å²) in [5.41, 5.74) is 6.85. The minimum absolute atomic E-state index is 0.0230. The molecule has 0 saturated carbocycles. The predicted molar refractivity (Wildman–Crippen MR) is 81.8 cm³/mol. The molecule has 0 radical (unpaired) electrons. The topological polar surface area (TPSA) is 60.2 Å². The van der Waals surface area contributed by atoms with Gasteiger partial charge in [0.1, 0.15) is 11.6 Å². The van der Waals surface area contributed by atoms with Crippen LogP contribution in [-0.2, 0) is 0 Å². The van der Waals surface area contributed by atoms with E-state index in [2.05, 4.69) is 26.2 Å². The van der Waals surface area contributed by atoms with Crippen LogP contribution >= 0.6 is 15.9 Å². The third-order valence-corrected chi connectivity index (χ3v) is 3.07. The fourth-order valence-corrected chi connectivity index (χ4v) is 1.81. The largest absolute Gasteiger partial charge is 0.473 e. The van der Waals surface area contributed by atoms with Crippen LogP contribution in [0.1, 0.15) is 13.8 Å². The molecular weight excluding hydrogens is 325 g/mol. The molecule has 4 nitrogen and oxygen atoms in total. The standard InChI is InChI=1S/C14H15BrFN3O/c1-8(2)20-14-12(17)5-6-13(19-14)18-9-3-4-10(15)11(16)7-9/h3-8H,17H2,1-2H3,(H,18,19). The van der Waals surface area contributed by atoms with Gasteiger partial charge in [-0.25, -0.2) is 4.39 Å². The first-order valence-electron chi connectivity index (χ1n) is 6.11. The zero-order valence-electron chi connectivity index (χ0n) is 11.2. The van der Waals surface area contributed by atoms with E-state index in [0.717, 1.165) is 0 Å². The first kappa shape index (κ1) is 14.6. The second kappa shape index (κ2) is 6.09. The summed E-state index contributed by atoms with van der Waals surface area (Å²) < 4.78 is 19.4. The van der Waals surface area contributed by atoms with Gasteiger partial charge in [0.2, 0.25) is 5.88 Å². The van der Waals surface area contributed by atoms with Crippen molar-refractivity contribution >= 4 is 33.1 Å². The lowest BCUT2D eigenvalue weighted by atomic mass is 10.3. The normalized spacial score (nSPS) is 10.7. The fraction of sp³-hybridized carbons (Fsp3) is 0.214. The lowest BCUT2D eigenvalue weighted by Gasteiger charge is -2.13. The van der Waals surface area contributed by atoms with E-state index in [9.17, 15) is 4.39 Å². The number of hydrogen-bond donors (Lipinski definition) is 2. The van der Waals surface area contributed by atoms with Crippen LogP contribution in [-0.4, -0.2) is 11.1 Å². The Morgan fingerprint density at radius 3 is 2.70 bits per heavy atom. The van der Waals surface area contributed by atoms with Crippen molar-refractivity contribution in [3.63, 3.8) is 0 Å². The molecule has 2 rings (SSSR count). The Balaban J connectivity index is 2.22. The molecule has 0 atom stereocenters. The van der Waals surface area contributed by atoms with Gasteiger partial charge in [0, 0.05) is 5.69 Å². The Kier molecular flexibility index (Phi) is 4.44. The molecule has 20 heavy (non-hydrogen) atoms. The van der Waals surface area contributed by atoms with Crippen LogP contribution in [0.3, 0.4) is 0 Å². The molecule has 0 aliphatic heterocycles. The van der Waals surface area contributed by atoms with Crippen molar-refractivity contribution in [1.82, 2.24) is 4.98 Å². The molecule has 1 heterocycles. The summed E-state index contributed by atoms with van der Waals surface area (Å²) in [6, 6.07) is 8.16. The average Bonchev–Trinajstić information content (AvgIpc) is 2.37. The number of hydrogen-bond acceptors (Lipinski definition) is 4. The smallest absolute Gasteiger partial charge is 0.239 e. The van der Waals surface area contributed by atoms with E-state index in [4.69, 9.17) is 10.5 Å². The zero-order chi connectivity index (χ0) is 14.7. The molecule has 3 N–H and O–H groups in total. The van der Waals surface area contributed by atoms with Crippen LogP contribution in [0.5, 0.6) is 5.88 Å². The van der Waals surface area contributed by atoms with Crippen molar-refractivity contribution in [3.05, 3.63) is 40.6 Å². The van der Waals surface area contributed by atoms with E-state index < -0.39 is 0 Å². The number of anilines is 3. The number of ether oxygens (including phenoxy) is 1. The van der Waals surface area contributed by atoms with Crippen LogP contribution < -0.4 is 15.8 Å². The Bertz CT molecular complexity index is 619. The predicted octanol–water partition coefficient (Wildman–Crippen LogP) is 4.10. The number of rotatable bonds is 4. The van der Waals surface area contributed by atoms with Crippen LogP contribution in [0.25, 0.3) is 0 Å². The molecule has 0 saturated heterocycles. The highest BCUT2D eigenvalue weighted by Gasteiger charge is 2.07. The quantitative estimate of drug-likeness (QED) is 0.880. The van der Waals surface area contributed by atoms with Gasteiger partial charge in [0.25, 0.3) is 0 Å². The lowest BCUT2D eigenvalue weighted by molar-refractivity contribution is 0.234. The second-order valence-electron chi connectivity index (χ2n) is 4.51. The van der Waals surface area contributed by atoms with Crippen LogP contribution in [0.4, 0.5) is 21.6 Å². The molecule has 0 aliphatic carbocycles. The molecule has 1 aromatic heterocycles. The van der Waals surface area contributed by atoms with Crippen LogP contribution in [0.2, 0.25) is 0 Å². The minimum Gasteiger partial charge on any atom is -0.473 e. The lowest BCUT2D eigenvalue weighted by Crippen LogP contribution is -2.09. The van der Waals surface area contributed by atoms with E-state index in [1.165, 1.54) is 6.07 Å². The Morgan fingerprint density at radius 2 is 2.05 bits per heavy atom. The second-order valence-corrected chi connectivity index (χ2v) is 5.37. The SMILES string of the molecule is CC(C)Oc1nc(Nc2ccc(Br)c(F)c2)ccc1N. The molecule has 0 aliphatic rings. The van der Waals surface area contributed by atoms with E-state index in [0.29, 0.717) is 27.5 Å². The third kappa shape index (κ3) is 3.60. The van der Waals surface area contributed by atoms with E-state index in [1.807, 2.05) is 13.8 Å². The van der Waals surface area contributed by atoms with Gasteiger partial charge in [0.05, 0.1) is 16.3 Å². The number of nitrogens with zero attached hydrogens (tertiary/aromatic N) is 1. The maximum Gasteiger partial charge on any atom is 0.239 e. The first-order chi connectivity index (χ1) is 9.45. The molecule has 0 unspecified atom stereocenters. The highest BCUT2D eigenvalue weighted by Crippen LogP contribution is 2.25. The van der Waals surface area contributed by atoms with Gasteiger partial charge in [0.15, 0.2) is 0 Å². The molecule has 0 amide bonds. The number of pyridine rings is 1. The molecule has 0 fully saturated rings. The summed E-state index contributed by atoms with van der Waals surface area (Å²) in [4.78, 5) is 4.27. The Hall–Kier alpha value is -1.82. The fourth-order valence-electron chi connectivity index (χ4n) is 1.56. The van der Waals surface area contributed by atoms with Crippen molar-refractivity contribution in [2.24, 2.45) is 0 Å². The van der Waals surface area contributed by atoms with Crippen molar-refractivity contribution < 1.29 is 9.13 Å². The monoisotopic (exact) mass is 339 g/mol. The van der Waals surface area contributed by atoms with Crippen molar-refractivity contribution in [2.75, 3.05) is 11.1 Å². The number of nitrogens with two attached hydrogens (primary N) is 1. The highest BCUT2D eigenvalue weighted by molar-refractivity contribution is 9.10. The molecule has 0 spiro atoms. The van der Waals surface area contributed by atoms with Crippen molar-refractivity contribution in [2.45, 2.75) is 20.0 Å².